The first-order valence-corrected chi connectivity index (χ1v) is 8.18. The van der Waals surface area contributed by atoms with E-state index in [2.05, 4.69) is 5.10 Å². The first-order valence-electron chi connectivity index (χ1n) is 6.62. The molecule has 1 aromatic heterocycles. The molecular formula is C14H18N4O3S. The van der Waals surface area contributed by atoms with Gasteiger partial charge < -0.3 is 4.90 Å². The maximum atomic E-state index is 11.4. The van der Waals surface area contributed by atoms with Crippen LogP contribution in [0.15, 0.2) is 29.2 Å². The Bertz CT molecular complexity index is 724. The second-order valence-electron chi connectivity index (χ2n) is 5.09. The molecule has 0 bridgehead atoms. The van der Waals surface area contributed by atoms with E-state index in [9.17, 15) is 14.3 Å². The average molecular weight is 322 g/mol. The Morgan fingerprint density at radius 3 is 2.45 bits per heavy atom. The summed E-state index contributed by atoms with van der Waals surface area (Å²) < 4.78 is 12.9. The summed E-state index contributed by atoms with van der Waals surface area (Å²) in [6.45, 7) is 2.12. The molecule has 0 spiro atoms. The zero-order valence-electron chi connectivity index (χ0n) is 12.9. The molecule has 0 saturated heterocycles. The fraction of sp³-hybridized carbons (Fsp3) is 0.357. The van der Waals surface area contributed by atoms with E-state index in [1.54, 1.807) is 32.2 Å². The van der Waals surface area contributed by atoms with Crippen LogP contribution in [0.4, 0.5) is 11.5 Å². The molecule has 0 N–H and O–H groups in total. The molecule has 8 heteroatoms. The SMILES string of the molecule is Cc1nn(C)c(N(C)Cc2ccc(S(C)=O)cc2)c1[N+](=O)[O-]. The van der Waals surface area contributed by atoms with Crippen LogP contribution in [0.25, 0.3) is 0 Å². The largest absolute Gasteiger partial charge is 0.350 e. The average Bonchev–Trinajstić information content (AvgIpc) is 2.74. The van der Waals surface area contributed by atoms with Crippen LogP contribution >= 0.6 is 0 Å². The van der Waals surface area contributed by atoms with E-state index in [1.807, 2.05) is 24.3 Å². The smallest absolute Gasteiger partial charge is 0.333 e. The molecule has 1 atom stereocenters. The van der Waals surface area contributed by atoms with Crippen LogP contribution in [0.5, 0.6) is 0 Å². The van der Waals surface area contributed by atoms with E-state index in [0.717, 1.165) is 10.5 Å². The van der Waals surface area contributed by atoms with Crippen molar-refractivity contribution < 1.29 is 9.13 Å². The Morgan fingerprint density at radius 2 is 1.95 bits per heavy atom. The molecule has 0 aliphatic heterocycles. The third-order valence-electron chi connectivity index (χ3n) is 3.38. The highest BCUT2D eigenvalue weighted by Crippen LogP contribution is 2.30. The number of hydrogen-bond donors (Lipinski definition) is 0. The molecule has 0 radical (unpaired) electrons. The molecule has 2 rings (SSSR count). The van der Waals surface area contributed by atoms with Gasteiger partial charge >= 0.3 is 5.69 Å². The summed E-state index contributed by atoms with van der Waals surface area (Å²) in [4.78, 5) is 13.4. The summed E-state index contributed by atoms with van der Waals surface area (Å²) in [6.07, 6.45) is 1.63. The van der Waals surface area contributed by atoms with Crippen molar-refractivity contribution in [1.82, 2.24) is 9.78 Å². The lowest BCUT2D eigenvalue weighted by Crippen LogP contribution is -2.20. The Morgan fingerprint density at radius 1 is 1.36 bits per heavy atom. The van der Waals surface area contributed by atoms with Gasteiger partial charge in [-0.25, -0.2) is 4.68 Å². The number of aryl methyl sites for hydroxylation is 2. The van der Waals surface area contributed by atoms with Gasteiger partial charge in [0.25, 0.3) is 0 Å². The number of nitrogens with zero attached hydrogens (tertiary/aromatic N) is 4. The van der Waals surface area contributed by atoms with Gasteiger partial charge in [-0.2, -0.15) is 5.10 Å². The zero-order valence-corrected chi connectivity index (χ0v) is 13.8. The molecule has 7 nitrogen and oxygen atoms in total. The Kier molecular flexibility index (Phi) is 4.60. The van der Waals surface area contributed by atoms with Crippen molar-refractivity contribution in [3.63, 3.8) is 0 Å². The molecule has 0 fully saturated rings. The van der Waals surface area contributed by atoms with Gasteiger partial charge in [0.15, 0.2) is 0 Å². The summed E-state index contributed by atoms with van der Waals surface area (Å²) in [6, 6.07) is 7.37. The summed E-state index contributed by atoms with van der Waals surface area (Å²) in [5.74, 6) is 0.464. The van der Waals surface area contributed by atoms with Crippen LogP contribution < -0.4 is 4.90 Å². The van der Waals surface area contributed by atoms with Crippen molar-refractivity contribution in [2.75, 3.05) is 18.2 Å². The zero-order chi connectivity index (χ0) is 16.4. The summed E-state index contributed by atoms with van der Waals surface area (Å²) in [5.41, 5.74) is 1.40. The number of anilines is 1. The van der Waals surface area contributed by atoms with E-state index in [4.69, 9.17) is 0 Å². The van der Waals surface area contributed by atoms with Gasteiger partial charge in [0, 0.05) is 42.6 Å². The first-order chi connectivity index (χ1) is 10.3. The molecule has 2 aromatic rings. The number of benzene rings is 1. The van der Waals surface area contributed by atoms with Crippen molar-refractivity contribution in [3.8, 4) is 0 Å². The molecule has 1 heterocycles. The van der Waals surface area contributed by atoms with E-state index < -0.39 is 15.7 Å². The third kappa shape index (κ3) is 3.16. The standard InChI is InChI=1S/C14H18N4O3S/c1-10-13(18(19)20)14(17(3)15-10)16(2)9-11-5-7-12(8-6-11)22(4)21/h5-8H,9H2,1-4H3. The lowest BCUT2D eigenvalue weighted by atomic mass is 10.2. The van der Waals surface area contributed by atoms with E-state index in [1.165, 1.54) is 4.68 Å². The van der Waals surface area contributed by atoms with Crippen molar-refractivity contribution in [2.45, 2.75) is 18.4 Å². The van der Waals surface area contributed by atoms with Crippen LogP contribution in [0, 0.1) is 17.0 Å². The van der Waals surface area contributed by atoms with E-state index in [0.29, 0.717) is 18.1 Å². The molecule has 0 amide bonds. The first kappa shape index (κ1) is 16.2. The molecule has 1 unspecified atom stereocenters. The third-order valence-corrected chi connectivity index (χ3v) is 4.32. The Labute approximate surface area is 131 Å². The summed E-state index contributed by atoms with van der Waals surface area (Å²) in [5, 5.41) is 15.3. The molecule has 1 aromatic carbocycles. The van der Waals surface area contributed by atoms with Crippen molar-refractivity contribution in [2.24, 2.45) is 7.05 Å². The second-order valence-corrected chi connectivity index (χ2v) is 6.47. The maximum Gasteiger partial charge on any atom is 0.333 e. The fourth-order valence-corrected chi connectivity index (χ4v) is 2.93. The summed E-state index contributed by atoms with van der Waals surface area (Å²) >= 11 is 0. The number of aromatic nitrogens is 2. The lowest BCUT2D eigenvalue weighted by Gasteiger charge is -2.18. The monoisotopic (exact) mass is 322 g/mol. The Hall–Kier alpha value is -2.22. The second kappa shape index (κ2) is 6.27. The number of nitro groups is 1. The van der Waals surface area contributed by atoms with Gasteiger partial charge in [0.1, 0.15) is 5.69 Å². The van der Waals surface area contributed by atoms with Crippen LogP contribution in [0.3, 0.4) is 0 Å². The molecule has 0 aliphatic rings. The van der Waals surface area contributed by atoms with Gasteiger partial charge in [0.2, 0.25) is 5.82 Å². The van der Waals surface area contributed by atoms with E-state index in [-0.39, 0.29) is 5.69 Å². The van der Waals surface area contributed by atoms with Crippen LogP contribution in [0.1, 0.15) is 11.3 Å². The molecule has 0 aliphatic carbocycles. The van der Waals surface area contributed by atoms with Gasteiger partial charge in [0.05, 0.1) is 4.92 Å². The van der Waals surface area contributed by atoms with Crippen LogP contribution in [-0.4, -0.2) is 32.2 Å². The molecular weight excluding hydrogens is 304 g/mol. The molecule has 0 saturated carbocycles. The van der Waals surface area contributed by atoms with Crippen molar-refractivity contribution in [3.05, 3.63) is 45.6 Å². The fourth-order valence-electron chi connectivity index (χ4n) is 2.41. The normalized spacial score (nSPS) is 12.2. The minimum Gasteiger partial charge on any atom is -0.350 e. The predicted molar refractivity (Wildman–Crippen MR) is 85.5 cm³/mol. The highest BCUT2D eigenvalue weighted by molar-refractivity contribution is 7.84. The Balaban J connectivity index is 2.27. The summed E-state index contributed by atoms with van der Waals surface area (Å²) in [7, 11) is 2.46. The van der Waals surface area contributed by atoms with Crippen LogP contribution in [0.2, 0.25) is 0 Å². The van der Waals surface area contributed by atoms with Gasteiger partial charge in [-0.05, 0) is 24.6 Å². The topological polar surface area (TPSA) is 81.3 Å². The van der Waals surface area contributed by atoms with Crippen molar-refractivity contribution in [1.29, 1.82) is 0 Å². The lowest BCUT2D eigenvalue weighted by molar-refractivity contribution is -0.384. The van der Waals surface area contributed by atoms with Gasteiger partial charge in [-0.1, -0.05) is 12.1 Å². The number of rotatable bonds is 5. The quantitative estimate of drug-likeness (QED) is 0.621. The van der Waals surface area contributed by atoms with Gasteiger partial charge in [-0.3, -0.25) is 14.3 Å². The molecule has 118 valence electrons. The maximum absolute atomic E-state index is 11.4. The van der Waals surface area contributed by atoms with E-state index >= 15 is 0 Å². The number of hydrogen-bond acceptors (Lipinski definition) is 5. The molecule has 22 heavy (non-hydrogen) atoms. The highest BCUT2D eigenvalue weighted by atomic mass is 32.2. The predicted octanol–water partition coefficient (Wildman–Crippen LogP) is 2.01. The van der Waals surface area contributed by atoms with Crippen LogP contribution in [-0.2, 0) is 24.4 Å². The minimum atomic E-state index is -1.01. The highest BCUT2D eigenvalue weighted by Gasteiger charge is 2.26. The minimum absolute atomic E-state index is 0.0243. The van der Waals surface area contributed by atoms with Crippen molar-refractivity contribution >= 4 is 22.3 Å². The van der Waals surface area contributed by atoms with Gasteiger partial charge in [-0.15, -0.1) is 0 Å².